The van der Waals surface area contributed by atoms with E-state index in [9.17, 15) is 18.0 Å². The minimum absolute atomic E-state index is 0.0324. The number of hydrogen-bond acceptors (Lipinski definition) is 5. The van der Waals surface area contributed by atoms with Crippen LogP contribution in [0.3, 0.4) is 0 Å². The van der Waals surface area contributed by atoms with E-state index in [0.29, 0.717) is 11.5 Å². The fraction of sp³-hybridized carbons (Fsp3) is 0.444. The summed E-state index contributed by atoms with van der Waals surface area (Å²) in [5.74, 6) is 0.564. The molecule has 0 unspecified atom stereocenters. The third-order valence-corrected chi connectivity index (χ3v) is 5.24. The van der Waals surface area contributed by atoms with E-state index in [2.05, 4.69) is 20.2 Å². The van der Waals surface area contributed by atoms with E-state index < -0.39 is 17.3 Å². The van der Waals surface area contributed by atoms with Gasteiger partial charge >= 0.3 is 6.18 Å². The molecule has 2 aromatic heterocycles. The molecule has 5 rings (SSSR count). The fourth-order valence-electron chi connectivity index (χ4n) is 3.62. The summed E-state index contributed by atoms with van der Waals surface area (Å²) in [7, 11) is 0. The van der Waals surface area contributed by atoms with E-state index >= 15 is 0 Å². The SMILES string of the molecule is O=c1[nH]c(N2CCCC2)nc2nn(-c3ccc(C4CC4)cc3C(F)(F)F)nc12. The van der Waals surface area contributed by atoms with Crippen LogP contribution in [0.5, 0.6) is 0 Å². The lowest BCUT2D eigenvalue weighted by molar-refractivity contribution is -0.137. The molecule has 1 aromatic carbocycles. The summed E-state index contributed by atoms with van der Waals surface area (Å²) in [6.45, 7) is 1.53. The average molecular weight is 390 g/mol. The normalized spacial score (nSPS) is 17.6. The zero-order valence-corrected chi connectivity index (χ0v) is 14.8. The second-order valence-corrected chi connectivity index (χ2v) is 7.29. The van der Waals surface area contributed by atoms with E-state index in [1.54, 1.807) is 6.07 Å². The van der Waals surface area contributed by atoms with Crippen LogP contribution in [-0.4, -0.2) is 38.1 Å². The highest BCUT2D eigenvalue weighted by molar-refractivity contribution is 5.69. The molecule has 1 N–H and O–H groups in total. The van der Waals surface area contributed by atoms with E-state index in [-0.39, 0.29) is 22.8 Å². The number of H-pyrrole nitrogens is 1. The molecule has 7 nitrogen and oxygen atoms in total. The molecule has 0 radical (unpaired) electrons. The summed E-state index contributed by atoms with van der Waals surface area (Å²) in [5.41, 5.74) is -0.917. The minimum atomic E-state index is -4.55. The molecule has 1 aliphatic heterocycles. The molecule has 10 heteroatoms. The van der Waals surface area contributed by atoms with Crippen LogP contribution in [0.25, 0.3) is 16.9 Å². The molecule has 3 aromatic rings. The van der Waals surface area contributed by atoms with Gasteiger partial charge in [0.25, 0.3) is 5.56 Å². The van der Waals surface area contributed by atoms with Crippen LogP contribution in [0, 0.1) is 0 Å². The Bertz CT molecular complexity index is 1110. The Morgan fingerprint density at radius 1 is 1.11 bits per heavy atom. The number of fused-ring (bicyclic) bond motifs is 1. The monoisotopic (exact) mass is 390 g/mol. The van der Waals surface area contributed by atoms with Crippen LogP contribution in [-0.2, 0) is 6.18 Å². The Morgan fingerprint density at radius 3 is 2.54 bits per heavy atom. The molecule has 1 saturated carbocycles. The van der Waals surface area contributed by atoms with Gasteiger partial charge in [0, 0.05) is 13.1 Å². The van der Waals surface area contributed by atoms with Crippen molar-refractivity contribution in [1.82, 2.24) is 25.0 Å². The molecular weight excluding hydrogens is 373 g/mol. The van der Waals surface area contributed by atoms with Gasteiger partial charge in [0.15, 0.2) is 5.52 Å². The zero-order valence-electron chi connectivity index (χ0n) is 14.8. The maximum Gasteiger partial charge on any atom is 0.418 e. The molecule has 2 fully saturated rings. The van der Waals surface area contributed by atoms with Crippen LogP contribution in [0.4, 0.5) is 19.1 Å². The van der Waals surface area contributed by atoms with E-state index in [0.717, 1.165) is 49.6 Å². The third-order valence-electron chi connectivity index (χ3n) is 5.24. The number of nitrogens with zero attached hydrogens (tertiary/aromatic N) is 5. The van der Waals surface area contributed by atoms with Crippen molar-refractivity contribution in [3.8, 4) is 5.69 Å². The van der Waals surface area contributed by atoms with Crippen molar-refractivity contribution >= 4 is 17.1 Å². The van der Waals surface area contributed by atoms with Crippen LogP contribution in [0.1, 0.15) is 42.7 Å². The largest absolute Gasteiger partial charge is 0.418 e. The first-order chi connectivity index (χ1) is 13.4. The summed E-state index contributed by atoms with van der Waals surface area (Å²) >= 11 is 0. The van der Waals surface area contributed by atoms with Crippen LogP contribution < -0.4 is 10.5 Å². The first-order valence-electron chi connectivity index (χ1n) is 9.24. The number of aromatic amines is 1. The van der Waals surface area contributed by atoms with E-state index in [1.165, 1.54) is 6.07 Å². The summed E-state index contributed by atoms with van der Waals surface area (Å²) in [5, 5.41) is 8.08. The lowest BCUT2D eigenvalue weighted by Crippen LogP contribution is -2.23. The molecule has 1 saturated heterocycles. The Morgan fingerprint density at radius 2 is 1.86 bits per heavy atom. The van der Waals surface area contributed by atoms with Crippen molar-refractivity contribution in [1.29, 1.82) is 0 Å². The van der Waals surface area contributed by atoms with Crippen LogP contribution >= 0.6 is 0 Å². The van der Waals surface area contributed by atoms with Gasteiger partial charge in [-0.05, 0) is 49.3 Å². The Balaban J connectivity index is 1.63. The summed E-state index contributed by atoms with van der Waals surface area (Å²) in [6, 6.07) is 4.20. The highest BCUT2D eigenvalue weighted by atomic mass is 19.4. The molecule has 0 spiro atoms. The van der Waals surface area contributed by atoms with Gasteiger partial charge in [-0.15, -0.1) is 15.0 Å². The molecular formula is C18H17F3N6O. The molecule has 146 valence electrons. The average Bonchev–Trinajstić information content (AvgIpc) is 3.17. The highest BCUT2D eigenvalue weighted by Gasteiger charge is 2.36. The minimum Gasteiger partial charge on any atom is -0.342 e. The Labute approximate surface area is 157 Å². The lowest BCUT2D eigenvalue weighted by Gasteiger charge is -2.14. The van der Waals surface area contributed by atoms with Gasteiger partial charge < -0.3 is 4.90 Å². The first-order valence-corrected chi connectivity index (χ1v) is 9.24. The smallest absolute Gasteiger partial charge is 0.342 e. The number of alkyl halides is 3. The summed E-state index contributed by atoms with van der Waals surface area (Å²) in [6.07, 6.45) is -0.758. The quantitative estimate of drug-likeness (QED) is 0.744. The number of anilines is 1. The summed E-state index contributed by atoms with van der Waals surface area (Å²) in [4.78, 5) is 22.1. The Hall–Kier alpha value is -2.91. The zero-order chi connectivity index (χ0) is 19.5. The van der Waals surface area contributed by atoms with Crippen molar-refractivity contribution in [3.63, 3.8) is 0 Å². The topological polar surface area (TPSA) is 79.7 Å². The number of aromatic nitrogens is 5. The fourth-order valence-corrected chi connectivity index (χ4v) is 3.62. The number of hydrogen-bond donors (Lipinski definition) is 1. The molecule has 28 heavy (non-hydrogen) atoms. The second kappa shape index (κ2) is 6.05. The van der Waals surface area contributed by atoms with Gasteiger partial charge in [-0.1, -0.05) is 6.07 Å². The van der Waals surface area contributed by atoms with Gasteiger partial charge in [-0.3, -0.25) is 9.78 Å². The maximum atomic E-state index is 13.6. The molecule has 0 atom stereocenters. The lowest BCUT2D eigenvalue weighted by atomic mass is 10.0. The third kappa shape index (κ3) is 2.92. The van der Waals surface area contributed by atoms with Gasteiger partial charge in [0.1, 0.15) is 0 Å². The van der Waals surface area contributed by atoms with Gasteiger partial charge in [0.05, 0.1) is 11.3 Å². The van der Waals surface area contributed by atoms with E-state index in [4.69, 9.17) is 0 Å². The number of rotatable bonds is 3. The summed E-state index contributed by atoms with van der Waals surface area (Å²) < 4.78 is 40.9. The number of benzene rings is 1. The maximum absolute atomic E-state index is 13.6. The molecule has 3 heterocycles. The first kappa shape index (κ1) is 17.2. The van der Waals surface area contributed by atoms with Crippen molar-refractivity contribution in [2.45, 2.75) is 37.8 Å². The van der Waals surface area contributed by atoms with Crippen molar-refractivity contribution in [3.05, 3.63) is 39.7 Å². The highest BCUT2D eigenvalue weighted by Crippen LogP contribution is 2.43. The van der Waals surface area contributed by atoms with Crippen molar-refractivity contribution in [2.75, 3.05) is 18.0 Å². The van der Waals surface area contributed by atoms with Crippen molar-refractivity contribution < 1.29 is 13.2 Å². The van der Waals surface area contributed by atoms with Gasteiger partial charge in [-0.25, -0.2) is 0 Å². The number of nitrogens with one attached hydrogen (secondary N) is 1. The molecule has 0 bridgehead atoms. The van der Waals surface area contributed by atoms with Crippen molar-refractivity contribution in [2.24, 2.45) is 0 Å². The Kier molecular flexibility index (Phi) is 3.72. The standard InChI is InChI=1S/C18H17F3N6O/c19-18(20,21)12-9-11(10-3-4-10)5-6-13(12)27-24-14-15(25-27)22-17(23-16(14)28)26-7-1-2-8-26/h5-6,9-10H,1-4,7-8H2,(H,22,23,25,28). The van der Waals surface area contributed by atoms with E-state index in [1.807, 2.05) is 4.90 Å². The van der Waals surface area contributed by atoms with Crippen LogP contribution in [0.15, 0.2) is 23.0 Å². The molecule has 1 aliphatic carbocycles. The second-order valence-electron chi connectivity index (χ2n) is 7.29. The molecule has 2 aliphatic rings. The van der Waals surface area contributed by atoms with Crippen LogP contribution in [0.2, 0.25) is 0 Å². The van der Waals surface area contributed by atoms with Gasteiger partial charge in [0.2, 0.25) is 11.6 Å². The predicted octanol–water partition coefficient (Wildman–Crippen LogP) is 3.00. The predicted molar refractivity (Wildman–Crippen MR) is 95.7 cm³/mol. The number of halogens is 3. The van der Waals surface area contributed by atoms with Gasteiger partial charge in [-0.2, -0.15) is 18.2 Å². The molecule has 0 amide bonds.